The highest BCUT2D eigenvalue weighted by Crippen LogP contribution is 2.46. The molecule has 3 fully saturated rings. The summed E-state index contributed by atoms with van der Waals surface area (Å²) in [7, 11) is 0. The van der Waals surface area contributed by atoms with Gasteiger partial charge in [0.1, 0.15) is 0 Å². The molecular formula is C15H27N3O. The van der Waals surface area contributed by atoms with Crippen LogP contribution in [-0.4, -0.2) is 55.0 Å². The topological polar surface area (TPSA) is 49.6 Å². The fourth-order valence-corrected chi connectivity index (χ4v) is 3.84. The lowest BCUT2D eigenvalue weighted by atomic mass is 9.62. The van der Waals surface area contributed by atoms with Gasteiger partial charge in [0.25, 0.3) is 0 Å². The molecule has 1 heterocycles. The molecule has 1 aliphatic heterocycles. The van der Waals surface area contributed by atoms with Crippen LogP contribution in [0.5, 0.6) is 0 Å². The third-order valence-corrected chi connectivity index (χ3v) is 5.20. The maximum absolute atomic E-state index is 12.6. The van der Waals surface area contributed by atoms with Crippen molar-refractivity contribution in [3.63, 3.8) is 0 Å². The van der Waals surface area contributed by atoms with E-state index in [2.05, 4.69) is 16.7 Å². The number of rotatable bonds is 4. The zero-order chi connectivity index (χ0) is 13.5. The van der Waals surface area contributed by atoms with Crippen molar-refractivity contribution in [1.82, 2.24) is 9.80 Å². The molecule has 0 atom stereocenters. The molecule has 0 radical (unpaired) electrons. The summed E-state index contributed by atoms with van der Waals surface area (Å²) in [5.74, 6) is 1.95. The molecular weight excluding hydrogens is 238 g/mol. The van der Waals surface area contributed by atoms with Gasteiger partial charge >= 0.3 is 0 Å². The van der Waals surface area contributed by atoms with Gasteiger partial charge in [0.2, 0.25) is 5.91 Å². The quantitative estimate of drug-likeness (QED) is 0.822. The zero-order valence-corrected chi connectivity index (χ0v) is 12.1. The molecule has 0 bridgehead atoms. The van der Waals surface area contributed by atoms with Gasteiger partial charge in [0, 0.05) is 39.3 Å². The summed E-state index contributed by atoms with van der Waals surface area (Å²) >= 11 is 0. The normalized spacial score (nSPS) is 36.1. The van der Waals surface area contributed by atoms with Gasteiger partial charge in [-0.1, -0.05) is 6.92 Å². The lowest BCUT2D eigenvalue weighted by Gasteiger charge is -2.48. The number of nitrogens with two attached hydrogens (primary N) is 1. The fraction of sp³-hybridized carbons (Fsp3) is 0.933. The lowest BCUT2D eigenvalue weighted by molar-refractivity contribution is -0.151. The minimum absolute atomic E-state index is 0.210. The van der Waals surface area contributed by atoms with Crippen molar-refractivity contribution in [1.29, 1.82) is 0 Å². The van der Waals surface area contributed by atoms with Crippen molar-refractivity contribution in [2.75, 3.05) is 39.3 Å². The Balaban J connectivity index is 1.51. The molecule has 0 aromatic heterocycles. The van der Waals surface area contributed by atoms with Gasteiger partial charge in [0.15, 0.2) is 0 Å². The van der Waals surface area contributed by atoms with Crippen molar-refractivity contribution in [2.24, 2.45) is 23.0 Å². The maximum Gasteiger partial charge on any atom is 0.230 e. The van der Waals surface area contributed by atoms with E-state index in [1.165, 1.54) is 19.4 Å². The van der Waals surface area contributed by atoms with E-state index in [1.807, 2.05) is 0 Å². The molecule has 2 saturated carbocycles. The molecule has 108 valence electrons. The van der Waals surface area contributed by atoms with Crippen molar-refractivity contribution in [3.05, 3.63) is 0 Å². The minimum atomic E-state index is -0.210. The molecule has 1 amide bonds. The highest BCUT2D eigenvalue weighted by atomic mass is 16.2. The molecule has 19 heavy (non-hydrogen) atoms. The van der Waals surface area contributed by atoms with Crippen LogP contribution in [0.2, 0.25) is 0 Å². The Labute approximate surface area is 116 Å². The summed E-state index contributed by atoms with van der Waals surface area (Å²) < 4.78 is 0. The predicted molar refractivity (Wildman–Crippen MR) is 75.6 cm³/mol. The standard InChI is InChI=1S/C15H27N3O/c1-12-8-15(9-12,11-16)14(19)18-6-4-17(5-7-18)10-13-2-3-13/h12-13H,2-11,16H2,1H3. The van der Waals surface area contributed by atoms with Gasteiger partial charge in [-0.2, -0.15) is 0 Å². The number of carbonyl (C=O) groups excluding carboxylic acids is 1. The van der Waals surface area contributed by atoms with E-state index in [0.717, 1.165) is 44.9 Å². The molecule has 4 nitrogen and oxygen atoms in total. The van der Waals surface area contributed by atoms with Crippen LogP contribution in [0.4, 0.5) is 0 Å². The highest BCUT2D eigenvalue weighted by molar-refractivity contribution is 5.84. The molecule has 1 saturated heterocycles. The van der Waals surface area contributed by atoms with Gasteiger partial charge < -0.3 is 10.6 Å². The molecule has 0 aromatic rings. The van der Waals surface area contributed by atoms with E-state index >= 15 is 0 Å². The molecule has 0 unspecified atom stereocenters. The average Bonchev–Trinajstić information content (AvgIpc) is 3.19. The van der Waals surface area contributed by atoms with Gasteiger partial charge in [-0.05, 0) is 37.5 Å². The third-order valence-electron chi connectivity index (χ3n) is 5.20. The Morgan fingerprint density at radius 2 is 1.84 bits per heavy atom. The molecule has 4 heteroatoms. The first-order chi connectivity index (χ1) is 9.13. The third kappa shape index (κ3) is 2.65. The van der Waals surface area contributed by atoms with Crippen LogP contribution in [0.1, 0.15) is 32.6 Å². The Morgan fingerprint density at radius 1 is 1.21 bits per heavy atom. The number of nitrogens with zero attached hydrogens (tertiary/aromatic N) is 2. The van der Waals surface area contributed by atoms with Crippen LogP contribution in [0.25, 0.3) is 0 Å². The van der Waals surface area contributed by atoms with Crippen LogP contribution in [-0.2, 0) is 4.79 Å². The molecule has 0 aromatic carbocycles. The number of carbonyl (C=O) groups is 1. The van der Waals surface area contributed by atoms with E-state index < -0.39 is 0 Å². The van der Waals surface area contributed by atoms with Crippen LogP contribution in [0.15, 0.2) is 0 Å². The Bertz CT molecular complexity index is 339. The van der Waals surface area contributed by atoms with E-state index in [4.69, 9.17) is 5.73 Å². The molecule has 3 aliphatic rings. The summed E-state index contributed by atoms with van der Waals surface area (Å²) in [6, 6.07) is 0. The summed E-state index contributed by atoms with van der Waals surface area (Å²) in [5.41, 5.74) is 5.67. The predicted octanol–water partition coefficient (Wildman–Crippen LogP) is 0.916. The molecule has 2 aliphatic carbocycles. The van der Waals surface area contributed by atoms with Crippen LogP contribution < -0.4 is 5.73 Å². The van der Waals surface area contributed by atoms with E-state index in [0.29, 0.717) is 18.4 Å². The van der Waals surface area contributed by atoms with Crippen LogP contribution >= 0.6 is 0 Å². The molecule has 0 spiro atoms. The minimum Gasteiger partial charge on any atom is -0.340 e. The largest absolute Gasteiger partial charge is 0.340 e. The van der Waals surface area contributed by atoms with Gasteiger partial charge in [-0.25, -0.2) is 0 Å². The monoisotopic (exact) mass is 265 g/mol. The number of hydrogen-bond donors (Lipinski definition) is 1. The first kappa shape index (κ1) is 13.4. The van der Waals surface area contributed by atoms with Crippen molar-refractivity contribution < 1.29 is 4.79 Å². The summed E-state index contributed by atoms with van der Waals surface area (Å²) in [5, 5.41) is 0. The van der Waals surface area contributed by atoms with Gasteiger partial charge in [-0.15, -0.1) is 0 Å². The molecule has 2 N–H and O–H groups in total. The first-order valence-electron chi connectivity index (χ1n) is 7.85. The second-order valence-electron chi connectivity index (χ2n) is 7.03. The fourth-order valence-electron chi connectivity index (χ4n) is 3.84. The van der Waals surface area contributed by atoms with Gasteiger partial charge in [0.05, 0.1) is 5.41 Å². The average molecular weight is 265 g/mol. The summed E-state index contributed by atoms with van der Waals surface area (Å²) in [6.07, 6.45) is 4.80. The van der Waals surface area contributed by atoms with Crippen molar-refractivity contribution >= 4 is 5.91 Å². The SMILES string of the molecule is CC1CC(CN)(C(=O)N2CCN(CC3CC3)CC2)C1. The number of amides is 1. The van der Waals surface area contributed by atoms with Crippen LogP contribution in [0, 0.1) is 17.3 Å². The van der Waals surface area contributed by atoms with Crippen LogP contribution in [0.3, 0.4) is 0 Å². The first-order valence-corrected chi connectivity index (χ1v) is 7.85. The zero-order valence-electron chi connectivity index (χ0n) is 12.1. The second kappa shape index (κ2) is 5.06. The summed E-state index contributed by atoms with van der Waals surface area (Å²) in [4.78, 5) is 17.2. The smallest absolute Gasteiger partial charge is 0.230 e. The lowest BCUT2D eigenvalue weighted by Crippen LogP contribution is -2.58. The van der Waals surface area contributed by atoms with Crippen molar-refractivity contribution in [2.45, 2.75) is 32.6 Å². The number of piperazine rings is 1. The Hall–Kier alpha value is -0.610. The Morgan fingerprint density at radius 3 is 2.32 bits per heavy atom. The van der Waals surface area contributed by atoms with E-state index in [-0.39, 0.29) is 5.41 Å². The van der Waals surface area contributed by atoms with Gasteiger partial charge in [-0.3, -0.25) is 9.69 Å². The maximum atomic E-state index is 12.6. The van der Waals surface area contributed by atoms with E-state index in [9.17, 15) is 4.79 Å². The second-order valence-corrected chi connectivity index (χ2v) is 7.03. The molecule has 3 rings (SSSR count). The number of hydrogen-bond acceptors (Lipinski definition) is 3. The highest BCUT2D eigenvalue weighted by Gasteiger charge is 2.49. The van der Waals surface area contributed by atoms with E-state index in [1.54, 1.807) is 0 Å². The Kier molecular flexibility index (Phi) is 3.56. The van der Waals surface area contributed by atoms with Crippen molar-refractivity contribution in [3.8, 4) is 0 Å². The summed E-state index contributed by atoms with van der Waals surface area (Å²) in [6.45, 7) is 7.91.